The van der Waals surface area contributed by atoms with Crippen molar-refractivity contribution in [1.29, 1.82) is 0 Å². The monoisotopic (exact) mass is 384 g/mol. The van der Waals surface area contributed by atoms with Crippen LogP contribution in [0.3, 0.4) is 0 Å². The van der Waals surface area contributed by atoms with Gasteiger partial charge in [0.25, 0.3) is 0 Å². The number of thiophene rings is 1. The van der Waals surface area contributed by atoms with Crippen LogP contribution in [-0.4, -0.2) is 36.5 Å². The lowest BCUT2D eigenvalue weighted by molar-refractivity contribution is -0.147. The number of hydrogen-bond acceptors (Lipinski definition) is 6. The van der Waals surface area contributed by atoms with Crippen LogP contribution in [0.25, 0.3) is 0 Å². The predicted octanol–water partition coefficient (Wildman–Crippen LogP) is 0.948. The van der Waals surface area contributed by atoms with Gasteiger partial charge in [-0.25, -0.2) is 22.7 Å². The van der Waals surface area contributed by atoms with E-state index in [2.05, 4.69) is 4.72 Å². The summed E-state index contributed by atoms with van der Waals surface area (Å²) in [6.45, 7) is -0.217. The average molecular weight is 384 g/mol. The molecule has 0 aliphatic rings. The van der Waals surface area contributed by atoms with Gasteiger partial charge < -0.3 is 15.5 Å². The SMILES string of the molecule is O=C(O)C(=O)Nc1sc(CNS(=O)(=O)c2ccccc2)cc1C(=O)O. The summed E-state index contributed by atoms with van der Waals surface area (Å²) in [6, 6.07) is 8.74. The molecule has 11 heteroatoms. The summed E-state index contributed by atoms with van der Waals surface area (Å²) in [5, 5.41) is 19.5. The Hall–Kier alpha value is -2.76. The lowest BCUT2D eigenvalue weighted by atomic mass is 10.3. The summed E-state index contributed by atoms with van der Waals surface area (Å²) >= 11 is 0.766. The van der Waals surface area contributed by atoms with Crippen molar-refractivity contribution >= 4 is 44.2 Å². The minimum atomic E-state index is -3.79. The van der Waals surface area contributed by atoms with Gasteiger partial charge >= 0.3 is 17.8 Å². The molecular weight excluding hydrogens is 372 g/mol. The number of carboxylic acid groups (broad SMARTS) is 2. The number of carbonyl (C=O) groups is 3. The Labute approximate surface area is 146 Å². The van der Waals surface area contributed by atoms with Crippen molar-refractivity contribution in [2.75, 3.05) is 5.32 Å². The number of aliphatic carboxylic acids is 1. The van der Waals surface area contributed by atoms with E-state index in [0.29, 0.717) is 0 Å². The van der Waals surface area contributed by atoms with Crippen LogP contribution < -0.4 is 10.0 Å². The van der Waals surface area contributed by atoms with Crippen LogP contribution in [0.4, 0.5) is 5.00 Å². The van der Waals surface area contributed by atoms with Gasteiger partial charge in [-0.05, 0) is 18.2 Å². The number of amides is 1. The van der Waals surface area contributed by atoms with Gasteiger partial charge in [-0.15, -0.1) is 11.3 Å². The molecule has 0 bridgehead atoms. The van der Waals surface area contributed by atoms with Gasteiger partial charge in [0.15, 0.2) is 0 Å². The smallest absolute Gasteiger partial charge is 0.394 e. The second-order valence-corrected chi connectivity index (χ2v) is 7.56. The Balaban J connectivity index is 2.19. The van der Waals surface area contributed by atoms with Gasteiger partial charge in [-0.3, -0.25) is 4.79 Å². The van der Waals surface area contributed by atoms with Crippen LogP contribution in [0.5, 0.6) is 0 Å². The highest BCUT2D eigenvalue weighted by Gasteiger charge is 2.21. The molecule has 1 aromatic carbocycles. The van der Waals surface area contributed by atoms with Gasteiger partial charge in [0.05, 0.1) is 10.5 Å². The molecule has 0 aliphatic carbocycles. The highest BCUT2D eigenvalue weighted by Crippen LogP contribution is 2.28. The second-order valence-electron chi connectivity index (χ2n) is 4.66. The Morgan fingerprint density at radius 1 is 1.08 bits per heavy atom. The molecular formula is C14H12N2O7S2. The molecule has 0 unspecified atom stereocenters. The second kappa shape index (κ2) is 7.42. The molecule has 0 atom stereocenters. The molecule has 1 aromatic heterocycles. The predicted molar refractivity (Wildman–Crippen MR) is 88.0 cm³/mol. The summed E-state index contributed by atoms with van der Waals surface area (Å²) in [4.78, 5) is 33.3. The molecule has 1 heterocycles. The van der Waals surface area contributed by atoms with Crippen LogP contribution in [-0.2, 0) is 26.2 Å². The van der Waals surface area contributed by atoms with E-state index < -0.39 is 27.9 Å². The van der Waals surface area contributed by atoms with E-state index in [4.69, 9.17) is 10.2 Å². The maximum Gasteiger partial charge on any atom is 0.394 e. The molecule has 2 rings (SSSR count). The number of sulfonamides is 1. The quantitative estimate of drug-likeness (QED) is 0.541. The molecule has 2 aromatic rings. The Kier molecular flexibility index (Phi) is 5.51. The van der Waals surface area contributed by atoms with Crippen molar-refractivity contribution in [1.82, 2.24) is 4.72 Å². The summed E-state index contributed by atoms with van der Waals surface area (Å²) < 4.78 is 26.6. The number of carbonyl (C=O) groups excluding carboxylic acids is 1. The van der Waals surface area contributed by atoms with Crippen molar-refractivity contribution in [3.8, 4) is 0 Å². The van der Waals surface area contributed by atoms with Gasteiger partial charge in [0.1, 0.15) is 5.00 Å². The maximum atomic E-state index is 12.1. The lowest BCUT2D eigenvalue weighted by Crippen LogP contribution is -2.22. The zero-order valence-electron chi connectivity index (χ0n) is 12.4. The third kappa shape index (κ3) is 4.62. The van der Waals surface area contributed by atoms with Gasteiger partial charge in [0, 0.05) is 11.4 Å². The largest absolute Gasteiger partial charge is 0.478 e. The highest BCUT2D eigenvalue weighted by atomic mass is 32.2. The number of anilines is 1. The van der Waals surface area contributed by atoms with E-state index in [1.807, 2.05) is 5.32 Å². The number of carboxylic acids is 2. The molecule has 0 radical (unpaired) electrons. The number of nitrogens with one attached hydrogen (secondary N) is 2. The molecule has 25 heavy (non-hydrogen) atoms. The van der Waals surface area contributed by atoms with E-state index in [1.165, 1.54) is 12.1 Å². The third-order valence-corrected chi connectivity index (χ3v) is 5.39. The fraction of sp³-hybridized carbons (Fsp3) is 0.0714. The maximum absolute atomic E-state index is 12.1. The minimum Gasteiger partial charge on any atom is -0.478 e. The van der Waals surface area contributed by atoms with E-state index >= 15 is 0 Å². The molecule has 0 saturated heterocycles. The number of rotatable bonds is 6. The molecule has 0 aliphatic heterocycles. The first-order chi connectivity index (χ1) is 11.7. The summed E-state index contributed by atoms with van der Waals surface area (Å²) in [7, 11) is -3.79. The van der Waals surface area contributed by atoms with Crippen molar-refractivity contribution in [2.45, 2.75) is 11.4 Å². The van der Waals surface area contributed by atoms with Crippen LogP contribution in [0.1, 0.15) is 15.2 Å². The molecule has 132 valence electrons. The zero-order chi connectivity index (χ0) is 18.6. The van der Waals surface area contributed by atoms with E-state index in [1.54, 1.807) is 18.2 Å². The van der Waals surface area contributed by atoms with Crippen molar-refractivity contribution in [3.05, 3.63) is 46.8 Å². The first-order valence-corrected chi connectivity index (χ1v) is 8.95. The Bertz CT molecular complexity index is 920. The molecule has 0 spiro atoms. The Morgan fingerprint density at radius 3 is 2.28 bits per heavy atom. The van der Waals surface area contributed by atoms with E-state index in [0.717, 1.165) is 17.4 Å². The van der Waals surface area contributed by atoms with Gasteiger partial charge in [0.2, 0.25) is 10.0 Å². The average Bonchev–Trinajstić information content (AvgIpc) is 2.97. The van der Waals surface area contributed by atoms with Crippen molar-refractivity contribution in [3.63, 3.8) is 0 Å². The molecule has 1 amide bonds. The third-order valence-electron chi connectivity index (χ3n) is 2.92. The van der Waals surface area contributed by atoms with Crippen LogP contribution in [0.15, 0.2) is 41.3 Å². The Morgan fingerprint density at radius 2 is 1.72 bits per heavy atom. The van der Waals surface area contributed by atoms with Gasteiger partial charge in [-0.1, -0.05) is 18.2 Å². The normalized spacial score (nSPS) is 11.0. The molecule has 0 fully saturated rings. The summed E-state index contributed by atoms with van der Waals surface area (Å²) in [5.74, 6) is -4.54. The van der Waals surface area contributed by atoms with Crippen molar-refractivity contribution in [2.24, 2.45) is 0 Å². The van der Waals surface area contributed by atoms with E-state index in [-0.39, 0.29) is 26.9 Å². The standard InChI is InChI=1S/C14H12N2O7S2/c17-11(14(20)21)16-12-10(13(18)19)6-8(24-12)7-15-25(22,23)9-4-2-1-3-5-9/h1-6,15H,7H2,(H,16,17)(H,18,19)(H,20,21). The van der Waals surface area contributed by atoms with Crippen molar-refractivity contribution < 1.29 is 33.0 Å². The number of aromatic carboxylic acids is 1. The minimum absolute atomic E-state index is 0.0458. The lowest BCUT2D eigenvalue weighted by Gasteiger charge is -2.05. The molecule has 9 nitrogen and oxygen atoms in total. The van der Waals surface area contributed by atoms with Crippen LogP contribution >= 0.6 is 11.3 Å². The van der Waals surface area contributed by atoms with Gasteiger partial charge in [-0.2, -0.15) is 0 Å². The fourth-order valence-electron chi connectivity index (χ4n) is 1.79. The summed E-state index contributed by atoms with van der Waals surface area (Å²) in [6.07, 6.45) is 0. The molecule has 4 N–H and O–H groups in total. The highest BCUT2D eigenvalue weighted by molar-refractivity contribution is 7.89. The first kappa shape index (κ1) is 18.6. The molecule has 0 saturated carbocycles. The zero-order valence-corrected chi connectivity index (χ0v) is 14.1. The fourth-order valence-corrected chi connectivity index (χ4v) is 3.89. The number of benzene rings is 1. The van der Waals surface area contributed by atoms with Crippen LogP contribution in [0, 0.1) is 0 Å². The van der Waals surface area contributed by atoms with Crippen LogP contribution in [0.2, 0.25) is 0 Å². The first-order valence-electron chi connectivity index (χ1n) is 6.65. The topological polar surface area (TPSA) is 150 Å². The number of hydrogen-bond donors (Lipinski definition) is 4. The summed E-state index contributed by atoms with van der Waals surface area (Å²) in [5.41, 5.74) is -0.325. The van der Waals surface area contributed by atoms with E-state index in [9.17, 15) is 22.8 Å².